The maximum absolute atomic E-state index is 6.11. The molecule has 0 amide bonds. The Hall–Kier alpha value is -0.250. The van der Waals surface area contributed by atoms with Gasteiger partial charge in [-0.2, -0.15) is 0 Å². The zero-order valence-corrected chi connectivity index (χ0v) is 12.9. The van der Waals surface area contributed by atoms with E-state index >= 15 is 0 Å². The van der Waals surface area contributed by atoms with Crippen molar-refractivity contribution < 1.29 is 4.74 Å². The maximum Gasteiger partial charge on any atom is 0.123 e. The van der Waals surface area contributed by atoms with Crippen LogP contribution in [0.5, 0.6) is 5.75 Å². The van der Waals surface area contributed by atoms with Gasteiger partial charge in [0, 0.05) is 28.0 Å². The summed E-state index contributed by atoms with van der Waals surface area (Å²) in [6, 6.07) is 6.69. The van der Waals surface area contributed by atoms with Crippen LogP contribution < -0.4 is 10.1 Å². The molecule has 0 radical (unpaired) electrons. The van der Waals surface area contributed by atoms with Crippen molar-refractivity contribution in [3.05, 3.63) is 28.2 Å². The van der Waals surface area contributed by atoms with Crippen molar-refractivity contribution in [2.24, 2.45) is 0 Å². The second kappa shape index (κ2) is 6.78. The van der Waals surface area contributed by atoms with Crippen molar-refractivity contribution in [1.29, 1.82) is 0 Å². The van der Waals surface area contributed by atoms with E-state index in [2.05, 4.69) is 27.3 Å². The van der Waals surface area contributed by atoms with E-state index in [1.165, 1.54) is 18.4 Å². The Morgan fingerprint density at radius 3 is 2.72 bits per heavy atom. The Labute approximate surface area is 122 Å². The molecule has 1 saturated carbocycles. The molecule has 2 nitrogen and oxygen atoms in total. The van der Waals surface area contributed by atoms with Crippen molar-refractivity contribution in [1.82, 2.24) is 5.32 Å². The largest absolute Gasteiger partial charge is 0.496 e. The topological polar surface area (TPSA) is 21.3 Å². The average Bonchev–Trinajstić information content (AvgIpc) is 2.38. The summed E-state index contributed by atoms with van der Waals surface area (Å²) in [7, 11) is 1.71. The van der Waals surface area contributed by atoms with Gasteiger partial charge in [0.1, 0.15) is 5.75 Å². The minimum atomic E-state index is 0.378. The van der Waals surface area contributed by atoms with Gasteiger partial charge in [0.2, 0.25) is 0 Å². The summed E-state index contributed by atoms with van der Waals surface area (Å²) in [4.78, 5) is 0. The molecule has 0 saturated heterocycles. The second-order valence-corrected chi connectivity index (χ2v) is 6.32. The van der Waals surface area contributed by atoms with Gasteiger partial charge in [-0.1, -0.05) is 15.9 Å². The fourth-order valence-corrected chi connectivity index (χ4v) is 3.06. The second-order valence-electron chi connectivity index (χ2n) is 4.79. The Morgan fingerprint density at radius 1 is 1.33 bits per heavy atom. The summed E-state index contributed by atoms with van der Waals surface area (Å²) in [6.07, 6.45) is 4.58. The van der Waals surface area contributed by atoms with E-state index in [1.54, 1.807) is 7.11 Å². The van der Waals surface area contributed by atoms with Crippen LogP contribution in [0.25, 0.3) is 0 Å². The standard InChI is InChI=1S/C14H19BrClNO/c1-18-14-7-2-11(15)8-10(14)9-17-13-5-3-12(16)4-6-13/h2,7-8,12-13,17H,3-6,9H2,1H3. The third kappa shape index (κ3) is 3.87. The summed E-state index contributed by atoms with van der Waals surface area (Å²) in [6.45, 7) is 0.847. The number of ether oxygens (including phenoxy) is 1. The van der Waals surface area contributed by atoms with Gasteiger partial charge in [-0.15, -0.1) is 11.6 Å². The van der Waals surface area contributed by atoms with E-state index < -0.39 is 0 Å². The molecule has 4 heteroatoms. The van der Waals surface area contributed by atoms with Gasteiger partial charge >= 0.3 is 0 Å². The van der Waals surface area contributed by atoms with Crippen LogP contribution in [0.15, 0.2) is 22.7 Å². The summed E-state index contributed by atoms with van der Waals surface area (Å²) in [5.41, 5.74) is 1.19. The SMILES string of the molecule is COc1ccc(Br)cc1CNC1CCC(Cl)CC1. The van der Waals surface area contributed by atoms with E-state index in [0.717, 1.165) is 29.6 Å². The lowest BCUT2D eigenvalue weighted by atomic mass is 9.95. The number of rotatable bonds is 4. The zero-order valence-electron chi connectivity index (χ0n) is 10.6. The molecule has 1 aromatic rings. The van der Waals surface area contributed by atoms with E-state index in [1.807, 2.05) is 12.1 Å². The highest BCUT2D eigenvalue weighted by molar-refractivity contribution is 9.10. The zero-order chi connectivity index (χ0) is 13.0. The fourth-order valence-electron chi connectivity index (χ4n) is 2.40. The molecule has 0 aliphatic heterocycles. The summed E-state index contributed by atoms with van der Waals surface area (Å²) >= 11 is 9.61. The van der Waals surface area contributed by atoms with E-state index in [-0.39, 0.29) is 0 Å². The van der Waals surface area contributed by atoms with Crippen LogP contribution in [-0.4, -0.2) is 18.5 Å². The fraction of sp³-hybridized carbons (Fsp3) is 0.571. The minimum Gasteiger partial charge on any atom is -0.496 e. The van der Waals surface area contributed by atoms with Crippen LogP contribution >= 0.6 is 27.5 Å². The molecule has 0 atom stereocenters. The molecular formula is C14H19BrClNO. The van der Waals surface area contributed by atoms with Crippen LogP contribution in [0.1, 0.15) is 31.2 Å². The third-order valence-corrected chi connectivity index (χ3v) is 4.41. The van der Waals surface area contributed by atoms with Gasteiger partial charge in [-0.05, 0) is 43.9 Å². The monoisotopic (exact) mass is 331 g/mol. The lowest BCUT2D eigenvalue weighted by Crippen LogP contribution is -2.33. The molecule has 0 heterocycles. The number of alkyl halides is 1. The molecule has 2 rings (SSSR count). The van der Waals surface area contributed by atoms with Gasteiger partial charge in [-0.25, -0.2) is 0 Å². The molecule has 0 aromatic heterocycles. The van der Waals surface area contributed by atoms with Crippen LogP contribution in [0.4, 0.5) is 0 Å². The van der Waals surface area contributed by atoms with Crippen molar-refractivity contribution in [2.45, 2.75) is 43.6 Å². The summed E-state index contributed by atoms with van der Waals surface area (Å²) in [5, 5.41) is 3.98. The number of hydrogen-bond donors (Lipinski definition) is 1. The number of hydrogen-bond acceptors (Lipinski definition) is 2. The van der Waals surface area contributed by atoms with Crippen molar-refractivity contribution in [2.75, 3.05) is 7.11 Å². The number of halogens is 2. The van der Waals surface area contributed by atoms with Crippen LogP contribution in [0.3, 0.4) is 0 Å². The normalized spacial score (nSPS) is 23.9. The molecular weight excluding hydrogens is 314 g/mol. The van der Waals surface area contributed by atoms with E-state index in [9.17, 15) is 0 Å². The Morgan fingerprint density at radius 2 is 2.06 bits per heavy atom. The van der Waals surface area contributed by atoms with Crippen LogP contribution in [0, 0.1) is 0 Å². The first-order valence-corrected chi connectivity index (χ1v) is 7.62. The number of nitrogens with one attached hydrogen (secondary N) is 1. The first kappa shape index (κ1) is 14.2. The molecule has 1 N–H and O–H groups in total. The molecule has 0 unspecified atom stereocenters. The van der Waals surface area contributed by atoms with Crippen LogP contribution in [0.2, 0.25) is 0 Å². The molecule has 1 aliphatic rings. The molecule has 100 valence electrons. The third-order valence-electron chi connectivity index (χ3n) is 3.48. The molecule has 1 aromatic carbocycles. The smallest absolute Gasteiger partial charge is 0.123 e. The highest BCUT2D eigenvalue weighted by Gasteiger charge is 2.19. The highest BCUT2D eigenvalue weighted by atomic mass is 79.9. The summed E-state index contributed by atoms with van der Waals surface area (Å²) < 4.78 is 6.46. The Balaban J connectivity index is 1.91. The quantitative estimate of drug-likeness (QED) is 0.838. The van der Waals surface area contributed by atoms with Gasteiger partial charge in [0.15, 0.2) is 0 Å². The molecule has 18 heavy (non-hydrogen) atoms. The molecule has 0 bridgehead atoms. The molecule has 1 fully saturated rings. The van der Waals surface area contributed by atoms with Crippen molar-refractivity contribution in [3.63, 3.8) is 0 Å². The number of benzene rings is 1. The first-order valence-electron chi connectivity index (χ1n) is 6.39. The first-order chi connectivity index (χ1) is 8.69. The average molecular weight is 333 g/mol. The van der Waals surface area contributed by atoms with Gasteiger partial charge < -0.3 is 10.1 Å². The molecule has 1 aliphatic carbocycles. The van der Waals surface area contributed by atoms with Gasteiger partial charge in [0.25, 0.3) is 0 Å². The van der Waals surface area contributed by atoms with Gasteiger partial charge in [-0.3, -0.25) is 0 Å². The van der Waals surface area contributed by atoms with E-state index in [4.69, 9.17) is 16.3 Å². The minimum absolute atomic E-state index is 0.378. The van der Waals surface area contributed by atoms with Gasteiger partial charge in [0.05, 0.1) is 7.11 Å². The number of methoxy groups -OCH3 is 1. The lowest BCUT2D eigenvalue weighted by molar-refractivity contribution is 0.368. The maximum atomic E-state index is 6.11. The Bertz CT molecular complexity index is 391. The Kier molecular flexibility index (Phi) is 5.34. The van der Waals surface area contributed by atoms with Crippen LogP contribution in [-0.2, 0) is 6.54 Å². The molecule has 0 spiro atoms. The predicted molar refractivity (Wildman–Crippen MR) is 79.4 cm³/mol. The lowest BCUT2D eigenvalue weighted by Gasteiger charge is -2.26. The summed E-state index contributed by atoms with van der Waals surface area (Å²) in [5.74, 6) is 0.941. The van der Waals surface area contributed by atoms with E-state index in [0.29, 0.717) is 11.4 Å². The van der Waals surface area contributed by atoms with Crippen molar-refractivity contribution >= 4 is 27.5 Å². The highest BCUT2D eigenvalue weighted by Crippen LogP contribution is 2.25. The van der Waals surface area contributed by atoms with Crippen molar-refractivity contribution in [3.8, 4) is 5.75 Å². The predicted octanol–water partition coefficient (Wildman–Crippen LogP) is 4.10.